The van der Waals surface area contributed by atoms with Crippen molar-refractivity contribution < 1.29 is 63.6 Å². The molecule has 0 amide bonds. The van der Waals surface area contributed by atoms with Crippen molar-refractivity contribution in [3.63, 3.8) is 0 Å². The van der Waals surface area contributed by atoms with Crippen molar-refractivity contribution in [2.75, 3.05) is 13.2 Å². The maximum absolute atomic E-state index is 13.6. The minimum Gasteiger partial charge on any atom is -1.00 e. The van der Waals surface area contributed by atoms with E-state index < -0.39 is 23.6 Å². The molecule has 1 unspecified atom stereocenters. The Balaban J connectivity index is 0.000000210. The molecule has 0 aromatic rings. The number of alkyl halides is 6. The third-order valence-corrected chi connectivity index (χ3v) is 26.0. The van der Waals surface area contributed by atoms with Crippen LogP contribution in [0.2, 0.25) is 0 Å². The van der Waals surface area contributed by atoms with Gasteiger partial charge in [0.1, 0.15) is 6.29 Å². The van der Waals surface area contributed by atoms with Gasteiger partial charge in [0.25, 0.3) is 0 Å². The first-order chi connectivity index (χ1) is 36.4. The number of hydrogen-bond acceptors (Lipinski definition) is 5. The van der Waals surface area contributed by atoms with Gasteiger partial charge in [-0.05, 0) is 259 Å². The van der Waals surface area contributed by atoms with Gasteiger partial charge in [0.15, 0.2) is 11.2 Å². The maximum atomic E-state index is 13.6. The summed E-state index contributed by atoms with van der Waals surface area (Å²) in [5, 5.41) is 31.7. The van der Waals surface area contributed by atoms with Gasteiger partial charge in [-0.2, -0.15) is 39.2 Å². The Morgan fingerprint density at radius 2 is 0.962 bits per heavy atom. The molecular formula is C66H109ClF6MgO5. The second kappa shape index (κ2) is 27.9. The zero-order chi connectivity index (χ0) is 55.7. The number of aliphatic hydroxyl groups excluding tert-OH is 1. The first kappa shape index (κ1) is 68.3. The van der Waals surface area contributed by atoms with Gasteiger partial charge in [-0.1, -0.05) is 80.1 Å². The Morgan fingerprint density at radius 1 is 0.532 bits per heavy atom. The zero-order valence-electron chi connectivity index (χ0n) is 50.2. The Bertz CT molecular complexity index is 1860. The molecule has 454 valence electrons. The molecule has 11 rings (SSSR count). The molecule has 1 heterocycles. The summed E-state index contributed by atoms with van der Waals surface area (Å²) in [7, 11) is 0. The molecule has 11 fully saturated rings. The van der Waals surface area contributed by atoms with Crippen LogP contribution in [0.25, 0.3) is 0 Å². The van der Waals surface area contributed by atoms with Gasteiger partial charge < -0.3 is 43.7 Å². The number of hydrogen-bond donors (Lipinski definition) is 3. The quantitative estimate of drug-likeness (QED) is 0.0927. The molecule has 5 nitrogen and oxygen atoms in total. The van der Waals surface area contributed by atoms with E-state index in [4.69, 9.17) is 4.74 Å². The van der Waals surface area contributed by atoms with E-state index in [1.54, 1.807) is 0 Å². The van der Waals surface area contributed by atoms with Crippen LogP contribution < -0.4 is 12.4 Å². The van der Waals surface area contributed by atoms with Crippen molar-refractivity contribution in [2.45, 2.75) is 290 Å². The van der Waals surface area contributed by atoms with Crippen LogP contribution in [0.3, 0.4) is 0 Å². The van der Waals surface area contributed by atoms with Crippen LogP contribution in [-0.2, 0) is 9.53 Å². The maximum Gasteiger partial charge on any atom is 2.00 e. The summed E-state index contributed by atoms with van der Waals surface area (Å²) in [5.41, 5.74) is -4.45. The molecule has 0 bridgehead atoms. The van der Waals surface area contributed by atoms with Crippen LogP contribution >= 0.6 is 0 Å². The third kappa shape index (κ3) is 14.3. The van der Waals surface area contributed by atoms with Crippen molar-refractivity contribution in [1.29, 1.82) is 0 Å². The Morgan fingerprint density at radius 3 is 1.34 bits per heavy atom. The Labute approximate surface area is 497 Å². The number of fused-ring (bicyclic) bond motifs is 10. The zero-order valence-corrected chi connectivity index (χ0v) is 52.4. The summed E-state index contributed by atoms with van der Waals surface area (Å²) in [6.07, 6.45) is 27.8. The molecule has 3 N–H and O–H groups in total. The van der Waals surface area contributed by atoms with E-state index in [1.165, 1.54) is 116 Å². The minimum atomic E-state index is -4.52. The van der Waals surface area contributed by atoms with Crippen LogP contribution in [0.5, 0.6) is 0 Å². The number of aliphatic hydroxyl groups is 3. The van der Waals surface area contributed by atoms with Gasteiger partial charge >= 0.3 is 35.4 Å². The molecule has 0 radical (unpaired) electrons. The minimum absolute atomic E-state index is 0. The van der Waals surface area contributed by atoms with Crippen LogP contribution in [-0.4, -0.2) is 87.5 Å². The van der Waals surface area contributed by atoms with Gasteiger partial charge in [-0.25, -0.2) is 0 Å². The first-order valence-electron chi connectivity index (χ1n) is 32.4. The summed E-state index contributed by atoms with van der Waals surface area (Å²) in [4.78, 5) is 10.9. The number of ether oxygens (including phenoxy) is 1. The van der Waals surface area contributed by atoms with Gasteiger partial charge in [-0.15, -0.1) is 0 Å². The number of carbonyl (C=O) groups is 1. The summed E-state index contributed by atoms with van der Waals surface area (Å²) in [5.74, 6) is 6.63. The normalized spacial score (nSPS) is 43.8. The summed E-state index contributed by atoms with van der Waals surface area (Å²) in [6.45, 7) is 16.3. The predicted octanol–water partition coefficient (Wildman–Crippen LogP) is 14.4. The fourth-order valence-electron chi connectivity index (χ4n) is 21.3. The summed E-state index contributed by atoms with van der Waals surface area (Å²) >= 11 is 0. The molecule has 13 heteroatoms. The van der Waals surface area contributed by atoms with Crippen molar-refractivity contribution in [2.24, 2.45) is 98.6 Å². The number of halogens is 7. The molecule has 10 saturated carbocycles. The van der Waals surface area contributed by atoms with E-state index in [-0.39, 0.29) is 89.9 Å². The predicted molar refractivity (Wildman–Crippen MR) is 301 cm³/mol. The van der Waals surface area contributed by atoms with Gasteiger partial charge in [0.2, 0.25) is 0 Å². The molecule has 0 spiro atoms. The number of aldehydes is 1. The van der Waals surface area contributed by atoms with E-state index in [1.807, 2.05) is 0 Å². The Hall–Kier alpha value is 0.146. The molecular weight excluding hydrogens is 1050 g/mol. The third-order valence-electron chi connectivity index (χ3n) is 26.0. The largest absolute Gasteiger partial charge is 2.00 e. The van der Waals surface area contributed by atoms with E-state index >= 15 is 0 Å². The van der Waals surface area contributed by atoms with E-state index in [2.05, 4.69) is 48.0 Å². The smallest absolute Gasteiger partial charge is 1.00 e. The van der Waals surface area contributed by atoms with E-state index in [0.717, 1.165) is 77.3 Å². The number of rotatable bonds is 9. The topological polar surface area (TPSA) is 87.0 Å². The standard InChI is InChI=1S/C31H51F3O2.C25H39F3O2.C6H11.C4H8O.ClH.Mg/c1-20(9-14-27(35)21-7-5-4-6-8-21)24-12-13-25-23-11-10-22-19-30(36,31(32,33)34)18-17-28(22,2)26(23)15-16-29(24,25)3;1-16(5-4-14-29)19-8-9-20-18-7-6-17-15-24(30,25(26,27)28)13-12-22(17,2)21(18)10-11-23(19,20)3;1-2-4-6-5-3-1;1-2-4-5-3-1;;/h20-27,35-36H,4-19H2,1-3H3;14,16-21,30H,4-13,15H2,1-3H3;1H,2-6H2;1-4H2;1H;/q;;-1;;;+2/p-1/t20-,22+,23+,24-,25+,26+,27?,28+,29-,30+;16-,17+,18+,19-,20+,21+,22+,23-,24+;;;;/m11..../s1. The van der Waals surface area contributed by atoms with Crippen LogP contribution in [0.4, 0.5) is 26.3 Å². The van der Waals surface area contributed by atoms with Crippen molar-refractivity contribution in [3.05, 3.63) is 6.42 Å². The Kier molecular flexibility index (Phi) is 24.1. The van der Waals surface area contributed by atoms with Gasteiger partial charge in [-0.3, -0.25) is 0 Å². The fraction of sp³-hybridized carbons (Fsp3) is 0.970. The van der Waals surface area contributed by atoms with Crippen LogP contribution in [0.15, 0.2) is 0 Å². The number of carbonyl (C=O) groups excluding carboxylic acids is 1. The van der Waals surface area contributed by atoms with Crippen LogP contribution in [0.1, 0.15) is 260 Å². The van der Waals surface area contributed by atoms with Crippen LogP contribution in [0, 0.1) is 105 Å². The molecule has 0 aromatic carbocycles. The van der Waals surface area contributed by atoms with Crippen molar-refractivity contribution in [1.82, 2.24) is 0 Å². The summed E-state index contributed by atoms with van der Waals surface area (Å²) in [6, 6.07) is 0. The molecule has 19 atom stereocenters. The molecule has 79 heavy (non-hydrogen) atoms. The molecule has 1 aliphatic heterocycles. The fourth-order valence-corrected chi connectivity index (χ4v) is 21.3. The molecule has 11 aliphatic rings. The SMILES string of the molecule is C1CCOC1.C[C@H](CCC(O)C1CCCCC1)[C@H]1CC[C@H]2[C@@H]3CC[C@H]4C[C@](O)(C(F)(F)F)CC[C@]4(C)[C@H]3CC[C@]12C.C[C@H](CCC=O)[C@H]1CC[C@H]2[C@@H]3CC[C@H]4C[C@](O)(C(F)(F)F)CC[C@]4(C)[C@H]3CC[C@]12C.[CH-]1CCCCC1.[Cl-].[Mg+2]. The first-order valence-corrected chi connectivity index (χ1v) is 32.4. The monoisotopic (exact) mass is 1150 g/mol. The van der Waals surface area contributed by atoms with Crippen molar-refractivity contribution >= 4 is 29.3 Å². The average Bonchev–Trinajstić information content (AvgIpc) is 4.36. The van der Waals surface area contributed by atoms with Gasteiger partial charge in [0.05, 0.1) is 6.10 Å². The molecule has 1 saturated heterocycles. The second-order valence-corrected chi connectivity index (χ2v) is 29.7. The molecule has 0 aromatic heterocycles. The van der Waals surface area contributed by atoms with Gasteiger partial charge in [0, 0.05) is 19.6 Å². The second-order valence-electron chi connectivity index (χ2n) is 29.7. The molecule has 10 aliphatic carbocycles. The summed E-state index contributed by atoms with van der Waals surface area (Å²) < 4.78 is 86.4. The van der Waals surface area contributed by atoms with E-state index in [0.29, 0.717) is 95.2 Å². The average molecular weight is 1160 g/mol. The van der Waals surface area contributed by atoms with Crippen molar-refractivity contribution in [3.8, 4) is 0 Å². The van der Waals surface area contributed by atoms with E-state index in [9.17, 15) is 46.5 Å².